The summed E-state index contributed by atoms with van der Waals surface area (Å²) in [5.41, 5.74) is 4.73. The quantitative estimate of drug-likeness (QED) is 0.793. The lowest BCUT2D eigenvalue weighted by molar-refractivity contribution is 0.618. The summed E-state index contributed by atoms with van der Waals surface area (Å²) in [6, 6.07) is 13.4. The lowest BCUT2D eigenvalue weighted by atomic mass is 9.83. The van der Waals surface area contributed by atoms with Crippen molar-refractivity contribution in [2.45, 2.75) is 19.3 Å². The lowest BCUT2D eigenvalue weighted by Gasteiger charge is -2.28. The fourth-order valence-corrected chi connectivity index (χ4v) is 2.79. The van der Waals surface area contributed by atoms with Gasteiger partial charge in [0.1, 0.15) is 5.82 Å². The number of aryl methyl sites for hydroxylation is 1. The first kappa shape index (κ1) is 11.3. The molecule has 0 fully saturated rings. The molecule has 1 unspecified atom stereocenters. The van der Waals surface area contributed by atoms with Gasteiger partial charge in [-0.05, 0) is 48.2 Å². The lowest BCUT2D eigenvalue weighted by Crippen LogP contribution is -2.18. The standard InChI is InChI=1S/C16H16FN/c1-11-4-2-3-5-13(11)14-8-9-18-16-7-6-12(17)10-15(14)16/h2-7,10,14,18H,8-9H2,1H3. The Bertz CT molecular complexity index is 577. The average Bonchev–Trinajstić information content (AvgIpc) is 2.39. The fraction of sp³-hybridized carbons (Fsp3) is 0.250. The van der Waals surface area contributed by atoms with Crippen LogP contribution in [0.1, 0.15) is 29.0 Å². The molecule has 3 rings (SSSR count). The van der Waals surface area contributed by atoms with Crippen LogP contribution in [-0.4, -0.2) is 6.54 Å². The highest BCUT2D eigenvalue weighted by molar-refractivity contribution is 5.58. The van der Waals surface area contributed by atoms with E-state index in [1.807, 2.05) is 12.1 Å². The molecule has 0 saturated heterocycles. The van der Waals surface area contributed by atoms with E-state index in [4.69, 9.17) is 0 Å². The third kappa shape index (κ3) is 1.88. The van der Waals surface area contributed by atoms with Crippen LogP contribution in [-0.2, 0) is 0 Å². The minimum absolute atomic E-state index is 0.156. The van der Waals surface area contributed by atoms with E-state index in [0.29, 0.717) is 5.92 Å². The third-order valence-corrected chi connectivity index (χ3v) is 3.70. The van der Waals surface area contributed by atoms with E-state index in [9.17, 15) is 4.39 Å². The van der Waals surface area contributed by atoms with Crippen molar-refractivity contribution >= 4 is 5.69 Å². The molecule has 0 radical (unpaired) electrons. The minimum Gasteiger partial charge on any atom is -0.385 e. The van der Waals surface area contributed by atoms with Crippen molar-refractivity contribution in [2.75, 3.05) is 11.9 Å². The van der Waals surface area contributed by atoms with Gasteiger partial charge in [-0.25, -0.2) is 4.39 Å². The molecule has 2 aromatic rings. The molecule has 0 bridgehead atoms. The summed E-state index contributed by atoms with van der Waals surface area (Å²) in [6.45, 7) is 3.06. The molecule has 1 aliphatic rings. The van der Waals surface area contributed by atoms with Crippen LogP contribution in [0.15, 0.2) is 42.5 Å². The normalized spacial score (nSPS) is 18.0. The summed E-state index contributed by atoms with van der Waals surface area (Å²) in [4.78, 5) is 0. The first-order chi connectivity index (χ1) is 8.75. The fourth-order valence-electron chi connectivity index (χ4n) is 2.79. The van der Waals surface area contributed by atoms with Gasteiger partial charge in [-0.15, -0.1) is 0 Å². The van der Waals surface area contributed by atoms with Crippen LogP contribution in [0.4, 0.5) is 10.1 Å². The van der Waals surface area contributed by atoms with Crippen LogP contribution >= 0.6 is 0 Å². The molecule has 2 heteroatoms. The van der Waals surface area contributed by atoms with Gasteiger partial charge in [0.05, 0.1) is 0 Å². The molecule has 0 aromatic heterocycles. The second-order valence-electron chi connectivity index (χ2n) is 4.86. The second-order valence-corrected chi connectivity index (χ2v) is 4.86. The summed E-state index contributed by atoms with van der Waals surface area (Å²) in [5, 5.41) is 3.34. The van der Waals surface area contributed by atoms with Crippen molar-refractivity contribution in [3.63, 3.8) is 0 Å². The van der Waals surface area contributed by atoms with Gasteiger partial charge >= 0.3 is 0 Å². The molecule has 0 spiro atoms. The third-order valence-electron chi connectivity index (χ3n) is 3.70. The van der Waals surface area contributed by atoms with Crippen LogP contribution in [0.5, 0.6) is 0 Å². The number of rotatable bonds is 1. The van der Waals surface area contributed by atoms with Gasteiger partial charge in [0.25, 0.3) is 0 Å². The highest BCUT2D eigenvalue weighted by atomic mass is 19.1. The van der Waals surface area contributed by atoms with Gasteiger partial charge in [-0.2, -0.15) is 0 Å². The van der Waals surface area contributed by atoms with E-state index in [1.54, 1.807) is 6.07 Å². The van der Waals surface area contributed by atoms with Crippen molar-refractivity contribution in [2.24, 2.45) is 0 Å². The summed E-state index contributed by atoms with van der Waals surface area (Å²) in [5.74, 6) is 0.147. The first-order valence-corrected chi connectivity index (χ1v) is 6.34. The maximum atomic E-state index is 13.5. The summed E-state index contributed by atoms with van der Waals surface area (Å²) < 4.78 is 13.5. The number of fused-ring (bicyclic) bond motifs is 1. The highest BCUT2D eigenvalue weighted by Crippen LogP contribution is 2.37. The average molecular weight is 241 g/mol. The van der Waals surface area contributed by atoms with Crippen molar-refractivity contribution in [3.05, 3.63) is 65.0 Å². The van der Waals surface area contributed by atoms with E-state index in [0.717, 1.165) is 24.2 Å². The number of benzene rings is 2. The number of anilines is 1. The molecule has 0 aliphatic carbocycles. The zero-order valence-electron chi connectivity index (χ0n) is 10.4. The molecule has 0 amide bonds. The van der Waals surface area contributed by atoms with E-state index < -0.39 is 0 Å². The van der Waals surface area contributed by atoms with Gasteiger partial charge in [0.15, 0.2) is 0 Å². The Morgan fingerprint density at radius 1 is 1.11 bits per heavy atom. The molecule has 0 saturated carbocycles. The number of halogens is 1. The second kappa shape index (κ2) is 4.45. The zero-order chi connectivity index (χ0) is 12.5. The predicted molar refractivity (Wildman–Crippen MR) is 72.5 cm³/mol. The molecule has 1 N–H and O–H groups in total. The Hall–Kier alpha value is -1.83. The number of hydrogen-bond acceptors (Lipinski definition) is 1. The van der Waals surface area contributed by atoms with Crippen molar-refractivity contribution in [1.82, 2.24) is 0 Å². The topological polar surface area (TPSA) is 12.0 Å². The van der Waals surface area contributed by atoms with Crippen molar-refractivity contribution in [3.8, 4) is 0 Å². The Morgan fingerprint density at radius 3 is 2.78 bits per heavy atom. The largest absolute Gasteiger partial charge is 0.385 e. The van der Waals surface area contributed by atoms with Gasteiger partial charge in [-0.1, -0.05) is 24.3 Å². The Morgan fingerprint density at radius 2 is 1.94 bits per heavy atom. The monoisotopic (exact) mass is 241 g/mol. The molecule has 2 aromatic carbocycles. The molecule has 1 atom stereocenters. The van der Waals surface area contributed by atoms with E-state index >= 15 is 0 Å². The molecular weight excluding hydrogens is 225 g/mol. The van der Waals surface area contributed by atoms with Gasteiger partial charge in [0, 0.05) is 18.2 Å². The van der Waals surface area contributed by atoms with Gasteiger partial charge in [0.2, 0.25) is 0 Å². The molecule has 1 nitrogen and oxygen atoms in total. The number of hydrogen-bond donors (Lipinski definition) is 1. The van der Waals surface area contributed by atoms with Gasteiger partial charge in [-0.3, -0.25) is 0 Å². The van der Waals surface area contributed by atoms with Crippen molar-refractivity contribution < 1.29 is 4.39 Å². The smallest absolute Gasteiger partial charge is 0.123 e. The summed E-state index contributed by atoms with van der Waals surface area (Å²) >= 11 is 0. The molecule has 1 heterocycles. The number of nitrogens with one attached hydrogen (secondary N) is 1. The molecular formula is C16H16FN. The maximum Gasteiger partial charge on any atom is 0.123 e. The van der Waals surface area contributed by atoms with Crippen LogP contribution in [0.2, 0.25) is 0 Å². The highest BCUT2D eigenvalue weighted by Gasteiger charge is 2.23. The molecule has 18 heavy (non-hydrogen) atoms. The van der Waals surface area contributed by atoms with Crippen molar-refractivity contribution in [1.29, 1.82) is 0 Å². The Balaban J connectivity index is 2.11. The van der Waals surface area contributed by atoms with E-state index in [2.05, 4.69) is 30.4 Å². The zero-order valence-corrected chi connectivity index (χ0v) is 10.4. The molecule has 92 valence electrons. The maximum absolute atomic E-state index is 13.5. The van der Waals surface area contributed by atoms with Crippen LogP contribution in [0.25, 0.3) is 0 Å². The van der Waals surface area contributed by atoms with E-state index in [1.165, 1.54) is 17.2 Å². The SMILES string of the molecule is Cc1ccccc1C1CCNc2ccc(F)cc21. The minimum atomic E-state index is -0.156. The van der Waals surface area contributed by atoms with Gasteiger partial charge < -0.3 is 5.32 Å². The first-order valence-electron chi connectivity index (χ1n) is 6.34. The van der Waals surface area contributed by atoms with E-state index in [-0.39, 0.29) is 5.82 Å². The van der Waals surface area contributed by atoms with Crippen LogP contribution in [0.3, 0.4) is 0 Å². The Labute approximate surface area is 107 Å². The van der Waals surface area contributed by atoms with Crippen LogP contribution < -0.4 is 5.32 Å². The van der Waals surface area contributed by atoms with Crippen LogP contribution in [0, 0.1) is 12.7 Å². The predicted octanol–water partition coefficient (Wildman–Crippen LogP) is 4.08. The summed E-state index contributed by atoms with van der Waals surface area (Å²) in [7, 11) is 0. The Kier molecular flexibility index (Phi) is 2.78. The summed E-state index contributed by atoms with van der Waals surface area (Å²) in [6.07, 6.45) is 1.02. The molecule has 1 aliphatic heterocycles.